The first-order chi connectivity index (χ1) is 9.23. The summed E-state index contributed by atoms with van der Waals surface area (Å²) in [6.45, 7) is 6.91. The van der Waals surface area contributed by atoms with Crippen LogP contribution in [0, 0.1) is 0 Å². The largest absolute Gasteiger partial charge is 0.261 e. The number of rotatable bonds is 10. The Morgan fingerprint density at radius 1 is 0.895 bits per heavy atom. The zero-order chi connectivity index (χ0) is 14.0. The predicted molar refractivity (Wildman–Crippen MR) is 82.3 cm³/mol. The van der Waals surface area contributed by atoms with E-state index in [0.29, 0.717) is 0 Å². The van der Waals surface area contributed by atoms with Gasteiger partial charge in [0, 0.05) is 24.0 Å². The van der Waals surface area contributed by atoms with E-state index in [4.69, 9.17) is 0 Å². The van der Waals surface area contributed by atoms with Gasteiger partial charge in [0.25, 0.3) is 0 Å². The molecule has 108 valence electrons. The van der Waals surface area contributed by atoms with Crippen LogP contribution in [-0.2, 0) is 5.41 Å². The highest BCUT2D eigenvalue weighted by Gasteiger charge is 2.27. The lowest BCUT2D eigenvalue weighted by Gasteiger charge is -2.29. The number of aromatic nitrogens is 2. The zero-order valence-corrected chi connectivity index (χ0v) is 13.0. The maximum Gasteiger partial charge on any atom is 0.0645 e. The standard InChI is InChI=1S/C17H30N2/c1-4-6-8-10-12-17(3,11-9-7-5-2)16-15-18-13-14-19-16/h13-15H,4-12H2,1-3H3. The van der Waals surface area contributed by atoms with Crippen LogP contribution < -0.4 is 0 Å². The lowest BCUT2D eigenvalue weighted by atomic mass is 9.77. The van der Waals surface area contributed by atoms with Crippen LogP contribution >= 0.6 is 0 Å². The molecular formula is C17H30N2. The average Bonchev–Trinajstić information content (AvgIpc) is 2.45. The van der Waals surface area contributed by atoms with Gasteiger partial charge in [0.15, 0.2) is 0 Å². The van der Waals surface area contributed by atoms with Crippen LogP contribution in [0.15, 0.2) is 18.6 Å². The highest BCUT2D eigenvalue weighted by molar-refractivity contribution is 5.11. The summed E-state index contributed by atoms with van der Waals surface area (Å²) in [5.74, 6) is 0. The van der Waals surface area contributed by atoms with E-state index >= 15 is 0 Å². The van der Waals surface area contributed by atoms with Crippen LogP contribution in [0.2, 0.25) is 0 Å². The van der Waals surface area contributed by atoms with Crippen molar-refractivity contribution in [2.75, 3.05) is 0 Å². The van der Waals surface area contributed by atoms with Crippen molar-refractivity contribution in [1.29, 1.82) is 0 Å². The van der Waals surface area contributed by atoms with E-state index in [2.05, 4.69) is 30.7 Å². The molecule has 1 heterocycles. The molecule has 0 spiro atoms. The molecule has 0 amide bonds. The van der Waals surface area contributed by atoms with Crippen molar-refractivity contribution in [3.05, 3.63) is 24.3 Å². The van der Waals surface area contributed by atoms with E-state index in [-0.39, 0.29) is 5.41 Å². The van der Waals surface area contributed by atoms with E-state index in [1.165, 1.54) is 63.5 Å². The van der Waals surface area contributed by atoms with Crippen molar-refractivity contribution in [2.45, 2.75) is 84.0 Å². The summed E-state index contributed by atoms with van der Waals surface area (Å²) >= 11 is 0. The molecule has 0 aromatic carbocycles. The highest BCUT2D eigenvalue weighted by atomic mass is 14.8. The summed E-state index contributed by atoms with van der Waals surface area (Å²) < 4.78 is 0. The SMILES string of the molecule is CCCCCCC(C)(CCCCC)c1cnccn1. The molecule has 0 aliphatic carbocycles. The molecule has 0 aliphatic heterocycles. The van der Waals surface area contributed by atoms with Crippen LogP contribution in [0.1, 0.15) is 84.3 Å². The normalized spacial score (nSPS) is 14.3. The Morgan fingerprint density at radius 2 is 1.53 bits per heavy atom. The summed E-state index contributed by atoms with van der Waals surface area (Å²) in [6, 6.07) is 0. The van der Waals surface area contributed by atoms with E-state index in [0.717, 1.165) is 0 Å². The molecule has 1 aromatic rings. The van der Waals surface area contributed by atoms with Gasteiger partial charge in [0.1, 0.15) is 0 Å². The third-order valence-corrected chi connectivity index (χ3v) is 4.10. The summed E-state index contributed by atoms with van der Waals surface area (Å²) in [7, 11) is 0. The Morgan fingerprint density at radius 3 is 2.11 bits per heavy atom. The minimum absolute atomic E-state index is 0.219. The van der Waals surface area contributed by atoms with Gasteiger partial charge in [-0.25, -0.2) is 0 Å². The van der Waals surface area contributed by atoms with E-state index < -0.39 is 0 Å². The molecule has 1 unspecified atom stereocenters. The van der Waals surface area contributed by atoms with Gasteiger partial charge in [-0.2, -0.15) is 0 Å². The lowest BCUT2D eigenvalue weighted by Crippen LogP contribution is -2.23. The van der Waals surface area contributed by atoms with Crippen LogP contribution in [-0.4, -0.2) is 9.97 Å². The Hall–Kier alpha value is -0.920. The molecule has 0 radical (unpaired) electrons. The molecule has 0 aliphatic rings. The van der Waals surface area contributed by atoms with Crippen LogP contribution in [0.25, 0.3) is 0 Å². The van der Waals surface area contributed by atoms with Crippen LogP contribution in [0.5, 0.6) is 0 Å². The molecule has 2 nitrogen and oxygen atoms in total. The van der Waals surface area contributed by atoms with Gasteiger partial charge in [-0.1, -0.05) is 65.7 Å². The maximum absolute atomic E-state index is 4.57. The fraction of sp³-hybridized carbons (Fsp3) is 0.765. The second-order valence-electron chi connectivity index (χ2n) is 5.92. The predicted octanol–water partition coefficient (Wildman–Crippen LogP) is 5.29. The number of hydrogen-bond acceptors (Lipinski definition) is 2. The Bertz CT molecular complexity index is 323. The number of hydrogen-bond donors (Lipinski definition) is 0. The van der Waals surface area contributed by atoms with E-state index in [1.54, 1.807) is 6.20 Å². The Labute approximate surface area is 119 Å². The third kappa shape index (κ3) is 5.71. The Balaban J connectivity index is 2.61. The highest BCUT2D eigenvalue weighted by Crippen LogP contribution is 2.33. The molecule has 1 aromatic heterocycles. The molecule has 0 saturated carbocycles. The van der Waals surface area contributed by atoms with Gasteiger partial charge in [-0.15, -0.1) is 0 Å². The van der Waals surface area contributed by atoms with Gasteiger partial charge < -0.3 is 0 Å². The molecule has 0 N–H and O–H groups in total. The number of nitrogens with zero attached hydrogens (tertiary/aromatic N) is 2. The first-order valence-corrected chi connectivity index (χ1v) is 7.99. The van der Waals surface area contributed by atoms with Gasteiger partial charge in [-0.05, 0) is 12.8 Å². The molecule has 19 heavy (non-hydrogen) atoms. The van der Waals surface area contributed by atoms with Crippen molar-refractivity contribution in [3.63, 3.8) is 0 Å². The summed E-state index contributed by atoms with van der Waals surface area (Å²) in [6.07, 6.45) is 17.3. The van der Waals surface area contributed by atoms with Crippen LogP contribution in [0.3, 0.4) is 0 Å². The van der Waals surface area contributed by atoms with Crippen molar-refractivity contribution in [1.82, 2.24) is 9.97 Å². The smallest absolute Gasteiger partial charge is 0.0645 e. The van der Waals surface area contributed by atoms with Gasteiger partial charge in [0.2, 0.25) is 0 Å². The van der Waals surface area contributed by atoms with Gasteiger partial charge in [-0.3, -0.25) is 9.97 Å². The fourth-order valence-corrected chi connectivity index (χ4v) is 2.70. The molecule has 0 bridgehead atoms. The Kier molecular flexibility index (Phi) is 7.69. The molecule has 2 heteroatoms. The second-order valence-corrected chi connectivity index (χ2v) is 5.92. The van der Waals surface area contributed by atoms with Crippen molar-refractivity contribution in [2.24, 2.45) is 0 Å². The molecule has 0 saturated heterocycles. The summed E-state index contributed by atoms with van der Waals surface area (Å²) in [4.78, 5) is 8.83. The first-order valence-electron chi connectivity index (χ1n) is 7.99. The fourth-order valence-electron chi connectivity index (χ4n) is 2.70. The minimum Gasteiger partial charge on any atom is -0.261 e. The minimum atomic E-state index is 0.219. The molecule has 1 rings (SSSR count). The van der Waals surface area contributed by atoms with Gasteiger partial charge in [0.05, 0.1) is 5.69 Å². The topological polar surface area (TPSA) is 25.8 Å². The maximum atomic E-state index is 4.57. The number of unbranched alkanes of at least 4 members (excludes halogenated alkanes) is 5. The average molecular weight is 262 g/mol. The van der Waals surface area contributed by atoms with Gasteiger partial charge >= 0.3 is 0 Å². The quantitative estimate of drug-likeness (QED) is 0.536. The van der Waals surface area contributed by atoms with Crippen LogP contribution in [0.4, 0.5) is 0 Å². The first kappa shape index (κ1) is 16.1. The third-order valence-electron chi connectivity index (χ3n) is 4.10. The van der Waals surface area contributed by atoms with E-state index in [9.17, 15) is 0 Å². The molecule has 0 fully saturated rings. The zero-order valence-electron chi connectivity index (χ0n) is 13.0. The van der Waals surface area contributed by atoms with Crippen molar-refractivity contribution >= 4 is 0 Å². The van der Waals surface area contributed by atoms with Crippen molar-refractivity contribution in [3.8, 4) is 0 Å². The van der Waals surface area contributed by atoms with E-state index in [1.807, 2.05) is 12.4 Å². The monoisotopic (exact) mass is 262 g/mol. The van der Waals surface area contributed by atoms with Crippen molar-refractivity contribution < 1.29 is 0 Å². The molecule has 1 atom stereocenters. The lowest BCUT2D eigenvalue weighted by molar-refractivity contribution is 0.356. The molecular weight excluding hydrogens is 232 g/mol. The second kappa shape index (κ2) is 9.06. The summed E-state index contributed by atoms with van der Waals surface area (Å²) in [5, 5.41) is 0. The summed E-state index contributed by atoms with van der Waals surface area (Å²) in [5.41, 5.74) is 1.40.